The molecule has 0 spiro atoms. The van der Waals surface area contributed by atoms with Gasteiger partial charge in [-0.15, -0.1) is 0 Å². The lowest BCUT2D eigenvalue weighted by atomic mass is 9.87. The second-order valence-electron chi connectivity index (χ2n) is 6.18. The largest absolute Gasteiger partial charge is 0.392 e. The highest BCUT2D eigenvalue weighted by atomic mass is 32.2. The van der Waals surface area contributed by atoms with Gasteiger partial charge in [-0.05, 0) is 24.2 Å². The van der Waals surface area contributed by atoms with Gasteiger partial charge in [-0.1, -0.05) is 13.8 Å². The van der Waals surface area contributed by atoms with E-state index in [0.29, 0.717) is 19.0 Å². The van der Waals surface area contributed by atoms with Gasteiger partial charge in [0.05, 0.1) is 17.6 Å². The van der Waals surface area contributed by atoms with Gasteiger partial charge < -0.3 is 10.0 Å². The zero-order chi connectivity index (χ0) is 12.7. The van der Waals surface area contributed by atoms with Crippen LogP contribution in [0.4, 0.5) is 0 Å². The summed E-state index contributed by atoms with van der Waals surface area (Å²) in [5.74, 6) is 0.865. The summed E-state index contributed by atoms with van der Waals surface area (Å²) in [6.45, 7) is 6.33. The van der Waals surface area contributed by atoms with Crippen LogP contribution >= 0.6 is 0 Å². The van der Waals surface area contributed by atoms with Crippen LogP contribution in [0.1, 0.15) is 26.7 Å². The van der Waals surface area contributed by atoms with Crippen molar-refractivity contribution in [2.45, 2.75) is 32.8 Å². The van der Waals surface area contributed by atoms with E-state index in [1.54, 1.807) is 0 Å². The summed E-state index contributed by atoms with van der Waals surface area (Å²) >= 11 is 0. The molecule has 1 aliphatic heterocycles. The minimum absolute atomic E-state index is 0.0204. The fourth-order valence-electron chi connectivity index (χ4n) is 2.96. The van der Waals surface area contributed by atoms with E-state index in [0.717, 1.165) is 19.4 Å². The Hall–Kier alpha value is -0.130. The second-order valence-corrected chi connectivity index (χ2v) is 8.49. The van der Waals surface area contributed by atoms with E-state index in [9.17, 15) is 13.5 Å². The number of aliphatic hydroxyl groups excluding tert-OH is 1. The topological polar surface area (TPSA) is 57.6 Å². The zero-order valence-electron chi connectivity index (χ0n) is 10.7. The van der Waals surface area contributed by atoms with Crippen molar-refractivity contribution in [1.29, 1.82) is 0 Å². The molecule has 0 amide bonds. The molecule has 100 valence electrons. The van der Waals surface area contributed by atoms with Crippen LogP contribution in [0, 0.1) is 11.3 Å². The van der Waals surface area contributed by atoms with Gasteiger partial charge in [-0.2, -0.15) is 0 Å². The van der Waals surface area contributed by atoms with E-state index in [4.69, 9.17) is 0 Å². The van der Waals surface area contributed by atoms with Crippen LogP contribution in [0.5, 0.6) is 0 Å². The normalized spacial score (nSPS) is 37.1. The van der Waals surface area contributed by atoms with Gasteiger partial charge in [0, 0.05) is 19.6 Å². The minimum atomic E-state index is -2.79. The predicted molar refractivity (Wildman–Crippen MR) is 67.6 cm³/mol. The number of sulfone groups is 1. The Kier molecular flexibility index (Phi) is 3.54. The first-order chi connectivity index (χ1) is 7.80. The highest BCUT2D eigenvalue weighted by Crippen LogP contribution is 2.41. The standard InChI is InChI=1S/C12H23NO3S/c1-12(2)4-3-10(11(12)14)9-13-5-7-17(15,16)8-6-13/h10-11,14H,3-9H2,1-2H3. The fraction of sp³-hybridized carbons (Fsp3) is 1.00. The summed E-state index contributed by atoms with van der Waals surface area (Å²) in [5, 5.41) is 10.2. The maximum atomic E-state index is 11.3. The smallest absolute Gasteiger partial charge is 0.152 e. The van der Waals surface area contributed by atoms with Crippen molar-refractivity contribution < 1.29 is 13.5 Å². The molecular weight excluding hydrogens is 238 g/mol. The van der Waals surface area contributed by atoms with Crippen LogP contribution in [0.25, 0.3) is 0 Å². The van der Waals surface area contributed by atoms with E-state index in [1.165, 1.54) is 0 Å². The molecule has 2 rings (SSSR count). The SMILES string of the molecule is CC1(C)CCC(CN2CCS(=O)(=O)CC2)C1O. The first-order valence-corrected chi connectivity index (χ1v) is 8.23. The number of rotatable bonds is 2. The van der Waals surface area contributed by atoms with Gasteiger partial charge in [-0.25, -0.2) is 8.42 Å². The van der Waals surface area contributed by atoms with Crippen LogP contribution < -0.4 is 0 Å². The summed E-state index contributed by atoms with van der Waals surface area (Å²) in [5.41, 5.74) is 0.0204. The lowest BCUT2D eigenvalue weighted by Crippen LogP contribution is -2.44. The molecule has 1 aliphatic carbocycles. The Morgan fingerprint density at radius 3 is 2.35 bits per heavy atom. The fourth-order valence-corrected chi connectivity index (χ4v) is 4.23. The van der Waals surface area contributed by atoms with E-state index < -0.39 is 9.84 Å². The van der Waals surface area contributed by atoms with Crippen molar-refractivity contribution in [3.8, 4) is 0 Å². The third kappa shape index (κ3) is 3.01. The average Bonchev–Trinajstić information content (AvgIpc) is 2.48. The number of aliphatic hydroxyl groups is 1. The Morgan fingerprint density at radius 1 is 1.29 bits per heavy atom. The molecule has 1 saturated heterocycles. The molecule has 2 aliphatic rings. The summed E-state index contributed by atoms with van der Waals surface area (Å²) in [7, 11) is -2.79. The van der Waals surface area contributed by atoms with Gasteiger partial charge in [0.25, 0.3) is 0 Å². The molecule has 0 bridgehead atoms. The molecule has 4 nitrogen and oxygen atoms in total. The van der Waals surface area contributed by atoms with E-state index >= 15 is 0 Å². The van der Waals surface area contributed by atoms with E-state index in [1.807, 2.05) is 0 Å². The second kappa shape index (κ2) is 4.52. The first-order valence-electron chi connectivity index (χ1n) is 6.41. The van der Waals surface area contributed by atoms with Gasteiger partial charge >= 0.3 is 0 Å². The minimum Gasteiger partial charge on any atom is -0.392 e. The molecule has 1 saturated carbocycles. The Balaban J connectivity index is 1.87. The van der Waals surface area contributed by atoms with Crippen molar-refractivity contribution >= 4 is 9.84 Å². The maximum Gasteiger partial charge on any atom is 0.152 e. The Bertz CT molecular complexity index is 363. The van der Waals surface area contributed by atoms with Crippen LogP contribution in [0.3, 0.4) is 0 Å². The molecule has 0 aromatic carbocycles. The predicted octanol–water partition coefficient (Wildman–Crippen LogP) is 0.514. The third-order valence-electron chi connectivity index (χ3n) is 4.34. The molecule has 2 atom stereocenters. The molecule has 17 heavy (non-hydrogen) atoms. The molecule has 0 radical (unpaired) electrons. The third-order valence-corrected chi connectivity index (χ3v) is 5.95. The first kappa shape index (κ1) is 13.3. The van der Waals surface area contributed by atoms with Gasteiger partial charge in [0.1, 0.15) is 0 Å². The Morgan fingerprint density at radius 2 is 1.88 bits per heavy atom. The van der Waals surface area contributed by atoms with Crippen molar-refractivity contribution in [2.24, 2.45) is 11.3 Å². The highest BCUT2D eigenvalue weighted by Gasteiger charge is 2.41. The van der Waals surface area contributed by atoms with Crippen LogP contribution in [-0.4, -0.2) is 55.7 Å². The summed E-state index contributed by atoms with van der Waals surface area (Å²) in [4.78, 5) is 2.19. The molecule has 0 aromatic heterocycles. The monoisotopic (exact) mass is 261 g/mol. The molecule has 2 unspecified atom stereocenters. The van der Waals surface area contributed by atoms with Crippen LogP contribution in [-0.2, 0) is 9.84 Å². The van der Waals surface area contributed by atoms with Crippen molar-refractivity contribution in [3.63, 3.8) is 0 Å². The lowest BCUT2D eigenvalue weighted by molar-refractivity contribution is 0.0336. The van der Waals surface area contributed by atoms with Gasteiger partial charge in [0.15, 0.2) is 9.84 Å². The summed E-state index contributed by atoms with van der Waals surface area (Å²) in [6, 6.07) is 0. The molecule has 0 aromatic rings. The lowest BCUT2D eigenvalue weighted by Gasteiger charge is -2.32. The van der Waals surface area contributed by atoms with E-state index in [2.05, 4.69) is 18.7 Å². The zero-order valence-corrected chi connectivity index (χ0v) is 11.5. The van der Waals surface area contributed by atoms with E-state index in [-0.39, 0.29) is 23.0 Å². The Labute approximate surface area is 104 Å². The summed E-state index contributed by atoms with van der Waals surface area (Å²) < 4.78 is 22.6. The molecule has 2 fully saturated rings. The quantitative estimate of drug-likeness (QED) is 0.787. The molecule has 5 heteroatoms. The maximum absolute atomic E-state index is 11.3. The highest BCUT2D eigenvalue weighted by molar-refractivity contribution is 7.91. The van der Waals surface area contributed by atoms with Gasteiger partial charge in [-0.3, -0.25) is 0 Å². The molecule has 1 heterocycles. The van der Waals surface area contributed by atoms with Crippen LogP contribution in [0.2, 0.25) is 0 Å². The van der Waals surface area contributed by atoms with Crippen molar-refractivity contribution in [3.05, 3.63) is 0 Å². The molecule has 1 N–H and O–H groups in total. The average molecular weight is 261 g/mol. The van der Waals surface area contributed by atoms with Gasteiger partial charge in [0.2, 0.25) is 0 Å². The number of nitrogens with zero attached hydrogens (tertiary/aromatic N) is 1. The molecular formula is C12H23NO3S. The van der Waals surface area contributed by atoms with Crippen LogP contribution in [0.15, 0.2) is 0 Å². The van der Waals surface area contributed by atoms with Crippen molar-refractivity contribution in [1.82, 2.24) is 4.90 Å². The number of hydrogen-bond acceptors (Lipinski definition) is 4. The summed E-state index contributed by atoms with van der Waals surface area (Å²) in [6.07, 6.45) is 1.86. The van der Waals surface area contributed by atoms with Crippen molar-refractivity contribution in [2.75, 3.05) is 31.1 Å². The number of hydrogen-bond donors (Lipinski definition) is 1.